The summed E-state index contributed by atoms with van der Waals surface area (Å²) < 4.78 is 13.2. The summed E-state index contributed by atoms with van der Waals surface area (Å²) in [6.45, 7) is 6.95. The van der Waals surface area contributed by atoms with Gasteiger partial charge in [0.1, 0.15) is 5.67 Å². The Morgan fingerprint density at radius 2 is 2.00 bits per heavy atom. The van der Waals surface area contributed by atoms with Crippen molar-refractivity contribution in [2.75, 3.05) is 7.05 Å². The highest BCUT2D eigenvalue weighted by atomic mass is 19.1. The Labute approximate surface area is 68.7 Å². The van der Waals surface area contributed by atoms with Gasteiger partial charge in [0.2, 0.25) is 0 Å². The summed E-state index contributed by atoms with van der Waals surface area (Å²) in [7, 11) is 1.86. The van der Waals surface area contributed by atoms with Crippen LogP contribution in [0, 0.1) is 0 Å². The normalized spacial score (nSPS) is 16.7. The standard InChI is InChI=1S/C9H18FN/c1-7(9(3,4)10)6-8(2)11-5/h6,8,11H,1-5H3/b7-6+. The molecule has 0 aliphatic carbocycles. The molecule has 1 unspecified atom stereocenters. The van der Waals surface area contributed by atoms with Gasteiger partial charge in [-0.05, 0) is 40.3 Å². The van der Waals surface area contributed by atoms with Gasteiger partial charge in [0, 0.05) is 6.04 Å². The second kappa shape index (κ2) is 3.86. The van der Waals surface area contributed by atoms with Crippen LogP contribution >= 0.6 is 0 Å². The Bertz CT molecular complexity index is 144. The average molecular weight is 159 g/mol. The zero-order valence-corrected chi connectivity index (χ0v) is 8.03. The quantitative estimate of drug-likeness (QED) is 0.623. The summed E-state index contributed by atoms with van der Waals surface area (Å²) in [5.74, 6) is 0. The average Bonchev–Trinajstić information content (AvgIpc) is 1.85. The van der Waals surface area contributed by atoms with Crippen LogP contribution in [0.25, 0.3) is 0 Å². The first-order valence-electron chi connectivity index (χ1n) is 3.93. The summed E-state index contributed by atoms with van der Waals surface area (Å²) in [4.78, 5) is 0. The monoisotopic (exact) mass is 159 g/mol. The summed E-state index contributed by atoms with van der Waals surface area (Å²) in [6.07, 6.45) is 1.90. The molecule has 0 bridgehead atoms. The van der Waals surface area contributed by atoms with Gasteiger partial charge in [0.25, 0.3) is 0 Å². The molecule has 0 rings (SSSR count). The Morgan fingerprint density at radius 1 is 1.55 bits per heavy atom. The zero-order valence-electron chi connectivity index (χ0n) is 8.03. The fraction of sp³-hybridized carbons (Fsp3) is 0.778. The van der Waals surface area contributed by atoms with Gasteiger partial charge in [-0.1, -0.05) is 6.08 Å². The maximum Gasteiger partial charge on any atom is 0.126 e. The third-order valence-corrected chi connectivity index (χ3v) is 1.89. The fourth-order valence-electron chi connectivity index (χ4n) is 0.656. The van der Waals surface area contributed by atoms with E-state index in [4.69, 9.17) is 0 Å². The van der Waals surface area contributed by atoms with Crippen molar-refractivity contribution >= 4 is 0 Å². The molecular weight excluding hydrogens is 141 g/mol. The summed E-state index contributed by atoms with van der Waals surface area (Å²) in [6, 6.07) is 0.241. The molecule has 0 heterocycles. The predicted octanol–water partition coefficient (Wildman–Crippen LogP) is 2.29. The molecule has 0 radical (unpaired) electrons. The molecule has 11 heavy (non-hydrogen) atoms. The Balaban J connectivity index is 4.22. The molecule has 1 nitrogen and oxygen atoms in total. The zero-order chi connectivity index (χ0) is 9.07. The van der Waals surface area contributed by atoms with E-state index < -0.39 is 5.67 Å². The van der Waals surface area contributed by atoms with Gasteiger partial charge in [0.15, 0.2) is 0 Å². The maximum absolute atomic E-state index is 13.2. The molecule has 0 amide bonds. The van der Waals surface area contributed by atoms with E-state index in [9.17, 15) is 4.39 Å². The first kappa shape index (κ1) is 10.6. The lowest BCUT2D eigenvalue weighted by molar-refractivity contribution is 0.267. The van der Waals surface area contributed by atoms with E-state index in [1.165, 1.54) is 0 Å². The van der Waals surface area contributed by atoms with Gasteiger partial charge in [-0.2, -0.15) is 0 Å². The molecule has 66 valence electrons. The smallest absolute Gasteiger partial charge is 0.126 e. The summed E-state index contributed by atoms with van der Waals surface area (Å²) in [5, 5.41) is 3.02. The number of halogens is 1. The van der Waals surface area contributed by atoms with Gasteiger partial charge in [0.05, 0.1) is 0 Å². The van der Waals surface area contributed by atoms with Crippen LogP contribution < -0.4 is 5.32 Å². The van der Waals surface area contributed by atoms with Gasteiger partial charge < -0.3 is 5.32 Å². The molecule has 0 aliphatic heterocycles. The second-order valence-corrected chi connectivity index (χ2v) is 3.40. The topological polar surface area (TPSA) is 12.0 Å². The molecule has 0 aromatic heterocycles. The van der Waals surface area contributed by atoms with Crippen LogP contribution in [0.3, 0.4) is 0 Å². The van der Waals surface area contributed by atoms with Crippen molar-refractivity contribution in [3.8, 4) is 0 Å². The highest BCUT2D eigenvalue weighted by Gasteiger charge is 2.17. The molecule has 0 spiro atoms. The van der Waals surface area contributed by atoms with E-state index in [0.717, 1.165) is 5.57 Å². The van der Waals surface area contributed by atoms with Crippen molar-refractivity contribution in [2.45, 2.75) is 39.4 Å². The SMILES string of the molecule is CNC(C)/C=C(\C)C(C)(C)F. The number of likely N-dealkylation sites (N-methyl/N-ethyl adjacent to an activating group) is 1. The van der Waals surface area contributed by atoms with Crippen LogP contribution in [0.1, 0.15) is 27.7 Å². The van der Waals surface area contributed by atoms with Crippen molar-refractivity contribution in [2.24, 2.45) is 0 Å². The Hall–Kier alpha value is -0.370. The van der Waals surface area contributed by atoms with Crippen molar-refractivity contribution in [3.05, 3.63) is 11.6 Å². The van der Waals surface area contributed by atoms with Crippen LogP contribution in [-0.4, -0.2) is 18.8 Å². The molecule has 0 aromatic carbocycles. The lowest BCUT2D eigenvalue weighted by atomic mass is 10.00. The van der Waals surface area contributed by atoms with Crippen molar-refractivity contribution < 1.29 is 4.39 Å². The maximum atomic E-state index is 13.2. The number of hydrogen-bond donors (Lipinski definition) is 1. The molecule has 0 aromatic rings. The van der Waals surface area contributed by atoms with E-state index in [1.807, 2.05) is 27.0 Å². The summed E-state index contributed by atoms with van der Waals surface area (Å²) in [5.41, 5.74) is -0.412. The molecule has 1 N–H and O–H groups in total. The van der Waals surface area contributed by atoms with E-state index in [-0.39, 0.29) is 6.04 Å². The van der Waals surface area contributed by atoms with E-state index in [2.05, 4.69) is 5.32 Å². The van der Waals surface area contributed by atoms with E-state index >= 15 is 0 Å². The van der Waals surface area contributed by atoms with Crippen LogP contribution in [0.4, 0.5) is 4.39 Å². The summed E-state index contributed by atoms with van der Waals surface area (Å²) >= 11 is 0. The van der Waals surface area contributed by atoms with Gasteiger partial charge in [-0.25, -0.2) is 4.39 Å². The first-order chi connectivity index (χ1) is 4.88. The third-order valence-electron chi connectivity index (χ3n) is 1.89. The van der Waals surface area contributed by atoms with Gasteiger partial charge in [-0.15, -0.1) is 0 Å². The number of nitrogens with one attached hydrogen (secondary N) is 1. The molecule has 0 saturated heterocycles. The third kappa shape index (κ3) is 4.14. The lowest BCUT2D eigenvalue weighted by Gasteiger charge is -2.16. The minimum atomic E-state index is -1.19. The van der Waals surface area contributed by atoms with E-state index in [1.54, 1.807) is 13.8 Å². The minimum absolute atomic E-state index is 0.241. The lowest BCUT2D eigenvalue weighted by Crippen LogP contribution is -2.22. The van der Waals surface area contributed by atoms with Gasteiger partial charge >= 0.3 is 0 Å². The molecule has 0 fully saturated rings. The number of allylic oxidation sites excluding steroid dienone is 1. The first-order valence-corrected chi connectivity index (χ1v) is 3.93. The number of alkyl halides is 1. The Kier molecular flexibility index (Phi) is 3.73. The highest BCUT2D eigenvalue weighted by molar-refractivity contribution is 5.13. The molecule has 2 heteroatoms. The molecular formula is C9H18FN. The number of hydrogen-bond acceptors (Lipinski definition) is 1. The highest BCUT2D eigenvalue weighted by Crippen LogP contribution is 2.19. The van der Waals surface area contributed by atoms with Crippen LogP contribution in [0.5, 0.6) is 0 Å². The molecule has 0 aliphatic rings. The van der Waals surface area contributed by atoms with Crippen molar-refractivity contribution in [1.82, 2.24) is 5.32 Å². The largest absolute Gasteiger partial charge is 0.314 e. The van der Waals surface area contributed by atoms with Crippen molar-refractivity contribution in [1.29, 1.82) is 0 Å². The fourth-order valence-corrected chi connectivity index (χ4v) is 0.656. The second-order valence-electron chi connectivity index (χ2n) is 3.40. The Morgan fingerprint density at radius 3 is 2.27 bits per heavy atom. The predicted molar refractivity (Wildman–Crippen MR) is 47.5 cm³/mol. The number of rotatable bonds is 3. The van der Waals surface area contributed by atoms with Crippen molar-refractivity contribution in [3.63, 3.8) is 0 Å². The van der Waals surface area contributed by atoms with E-state index in [0.29, 0.717) is 0 Å². The molecule has 1 atom stereocenters. The van der Waals surface area contributed by atoms with Crippen LogP contribution in [-0.2, 0) is 0 Å². The van der Waals surface area contributed by atoms with Gasteiger partial charge in [-0.3, -0.25) is 0 Å². The van der Waals surface area contributed by atoms with Crippen LogP contribution in [0.15, 0.2) is 11.6 Å². The molecule has 0 saturated carbocycles. The van der Waals surface area contributed by atoms with Crippen LogP contribution in [0.2, 0.25) is 0 Å². The minimum Gasteiger partial charge on any atom is -0.314 e.